The van der Waals surface area contributed by atoms with Crippen LogP contribution in [-0.4, -0.2) is 345 Å². The normalized spacial score (nSPS) is 50.1. The van der Waals surface area contributed by atoms with Crippen molar-refractivity contribution in [2.24, 2.45) is 29.6 Å². The van der Waals surface area contributed by atoms with Gasteiger partial charge in [0.2, 0.25) is 0 Å². The molecule has 0 radical (unpaired) electrons. The van der Waals surface area contributed by atoms with Gasteiger partial charge in [-0.25, -0.2) is 0 Å². The molecule has 0 amide bonds. The fraction of sp³-hybridized carbons (Fsp3) is 0.955. The van der Waals surface area contributed by atoms with Gasteiger partial charge < -0.3 is 158 Å². The number of hydrogen-bond acceptors (Lipinski definition) is 35. The standard InChI is InChI=1S/C66H106O35/c1-25-43(70)48(75)53(80)62(92-25)91-24-42-47(74)52(79)57(84)66(101-42)97-38-20-35-36(69)18-34(19-37(35)96-58(38)26-2-10-30(67)11-3-26)95-65-56(83)51(78)46(73)41(100-65)23-90-61(87)29-8-16-33(17-9-29)94-64-55(82)50(77)45(72)40(99-64)22-89-60(86)28-6-14-32(15-7-28)93-63-54(81)49(76)44(71)39(98-63)21-88-59(85)27-4-12-31(68)13-5-27/h25-58,62-84H,2-24H2,1H3/t25-,26?,27?,28?,29?,30?,31?,32?,33?,34?,35?,36?,37?,38?,39+,40+,41+,42+,43-,44+,45+,46+,47+,48+,49-,50-,51-,52-,53+,54+,55+,56+,57+,58?,62+,63+,64+,65+,66+/m0/s1. The van der Waals surface area contributed by atoms with Crippen LogP contribution in [-0.2, 0) is 80.7 Å². The van der Waals surface area contributed by atoms with Crippen LogP contribution < -0.4 is 0 Å². The van der Waals surface area contributed by atoms with Gasteiger partial charge in [0.25, 0.3) is 0 Å². The highest BCUT2D eigenvalue weighted by molar-refractivity contribution is 5.73. The van der Waals surface area contributed by atoms with Gasteiger partial charge in [-0.1, -0.05) is 0 Å². The van der Waals surface area contributed by atoms with E-state index < -0.39 is 276 Å². The van der Waals surface area contributed by atoms with Crippen LogP contribution in [0.25, 0.3) is 0 Å². The molecule has 0 spiro atoms. The molecule has 5 saturated carbocycles. The topological polar surface area (TPSA) is 545 Å². The Morgan fingerprint density at radius 1 is 0.327 bits per heavy atom. The first-order valence-electron chi connectivity index (χ1n) is 36.0. The number of carbonyl (C=O) groups excluding carboxylic acids is 3. The summed E-state index contributed by atoms with van der Waals surface area (Å²) in [7, 11) is 0. The third-order valence-electron chi connectivity index (χ3n) is 22.8. The van der Waals surface area contributed by atoms with Crippen molar-refractivity contribution in [1.82, 2.24) is 0 Å². The van der Waals surface area contributed by atoms with Crippen molar-refractivity contribution in [3.05, 3.63) is 0 Å². The van der Waals surface area contributed by atoms with E-state index in [0.29, 0.717) is 64.2 Å². The second-order valence-corrected chi connectivity index (χ2v) is 29.8. The second-order valence-electron chi connectivity index (χ2n) is 29.8. The van der Waals surface area contributed by atoms with Crippen LogP contribution in [0.2, 0.25) is 0 Å². The molecule has 11 rings (SSSR count). The smallest absolute Gasteiger partial charge is 0.309 e. The molecule has 580 valence electrons. The summed E-state index contributed by atoms with van der Waals surface area (Å²) in [5, 5.41) is 194. The zero-order valence-electron chi connectivity index (χ0n) is 56.3. The molecule has 101 heavy (non-hydrogen) atoms. The average Bonchev–Trinajstić information content (AvgIpc) is 0.770. The predicted octanol–water partition coefficient (Wildman–Crippen LogP) is -6.36. The van der Waals surface area contributed by atoms with Crippen molar-refractivity contribution >= 4 is 17.9 Å². The maximum Gasteiger partial charge on any atom is 0.309 e. The molecule has 0 aromatic heterocycles. The van der Waals surface area contributed by atoms with Crippen molar-refractivity contribution in [3.63, 3.8) is 0 Å². The van der Waals surface area contributed by atoms with E-state index >= 15 is 0 Å². The minimum atomic E-state index is -1.83. The summed E-state index contributed by atoms with van der Waals surface area (Å²) < 4.78 is 82.8. The Balaban J connectivity index is 0.609. The van der Waals surface area contributed by atoms with Gasteiger partial charge in [-0.2, -0.15) is 0 Å². The summed E-state index contributed by atoms with van der Waals surface area (Å²) in [6, 6.07) is 0. The van der Waals surface area contributed by atoms with Crippen LogP contribution in [0.4, 0.5) is 0 Å². The Hall–Kier alpha value is -2.75. The largest absolute Gasteiger partial charge is 0.463 e. The van der Waals surface area contributed by atoms with Gasteiger partial charge in [0.15, 0.2) is 31.5 Å². The van der Waals surface area contributed by atoms with E-state index in [0.717, 1.165) is 0 Å². The lowest BCUT2D eigenvalue weighted by Gasteiger charge is -2.51. The van der Waals surface area contributed by atoms with Gasteiger partial charge in [0.1, 0.15) is 136 Å². The molecule has 6 heterocycles. The fourth-order valence-corrected chi connectivity index (χ4v) is 16.2. The zero-order valence-corrected chi connectivity index (χ0v) is 56.3. The lowest BCUT2D eigenvalue weighted by Crippen LogP contribution is -2.63. The number of hydrogen-bond donors (Lipinski definition) is 18. The first-order valence-corrected chi connectivity index (χ1v) is 36.0. The third kappa shape index (κ3) is 18.7. The lowest BCUT2D eigenvalue weighted by atomic mass is 9.73. The summed E-state index contributed by atoms with van der Waals surface area (Å²) in [5.41, 5.74) is 0. The third-order valence-corrected chi connectivity index (χ3v) is 22.8. The molecule has 35 heteroatoms. The van der Waals surface area contributed by atoms with E-state index in [9.17, 15) is 106 Å². The van der Waals surface area contributed by atoms with E-state index in [2.05, 4.69) is 0 Å². The van der Waals surface area contributed by atoms with E-state index in [4.69, 9.17) is 66.3 Å². The molecule has 5 aliphatic carbocycles. The van der Waals surface area contributed by atoms with Crippen molar-refractivity contribution in [2.45, 2.75) is 337 Å². The van der Waals surface area contributed by atoms with Gasteiger partial charge in [-0.3, -0.25) is 14.4 Å². The van der Waals surface area contributed by atoms with Crippen LogP contribution >= 0.6 is 0 Å². The molecular formula is C66H106O35. The minimum Gasteiger partial charge on any atom is -0.463 e. The zero-order chi connectivity index (χ0) is 72.4. The van der Waals surface area contributed by atoms with Crippen LogP contribution in [0.3, 0.4) is 0 Å². The summed E-state index contributed by atoms with van der Waals surface area (Å²) in [6.07, 6.45) is -39.8. The number of esters is 3. The number of rotatable bonds is 21. The van der Waals surface area contributed by atoms with Crippen molar-refractivity contribution in [3.8, 4) is 0 Å². The Labute approximate surface area is 582 Å². The Morgan fingerprint density at radius 3 is 1.09 bits per heavy atom. The van der Waals surface area contributed by atoms with Gasteiger partial charge >= 0.3 is 17.9 Å². The summed E-state index contributed by atoms with van der Waals surface area (Å²) >= 11 is 0. The molecule has 18 N–H and O–H groups in total. The molecule has 0 aromatic carbocycles. The molecule has 6 aliphatic heterocycles. The van der Waals surface area contributed by atoms with Gasteiger partial charge in [-0.05, 0) is 122 Å². The molecular weight excluding hydrogens is 1350 g/mol. The fourth-order valence-electron chi connectivity index (χ4n) is 16.2. The molecule has 11 fully saturated rings. The Bertz CT molecular complexity index is 2600. The highest BCUT2D eigenvalue weighted by Crippen LogP contribution is 2.45. The van der Waals surface area contributed by atoms with Gasteiger partial charge in [0.05, 0.1) is 85.4 Å². The molecule has 31 atom stereocenters. The summed E-state index contributed by atoms with van der Waals surface area (Å²) in [4.78, 5) is 39.6. The van der Waals surface area contributed by atoms with Gasteiger partial charge in [0, 0.05) is 18.8 Å². The number of ether oxygens (including phenoxy) is 14. The summed E-state index contributed by atoms with van der Waals surface area (Å²) in [5.74, 6) is -4.39. The maximum absolute atomic E-state index is 13.6. The summed E-state index contributed by atoms with van der Waals surface area (Å²) in [6.45, 7) is -0.576. The van der Waals surface area contributed by atoms with Crippen LogP contribution in [0.15, 0.2) is 0 Å². The average molecular weight is 1460 g/mol. The molecule has 6 saturated heterocycles. The number of fused-ring (bicyclic) bond motifs is 1. The van der Waals surface area contributed by atoms with E-state index in [1.54, 1.807) is 0 Å². The number of aliphatic hydroxyl groups is 18. The highest BCUT2D eigenvalue weighted by atomic mass is 16.8. The minimum absolute atomic E-state index is 0.0397. The number of carbonyl (C=O) groups is 3. The quantitative estimate of drug-likeness (QED) is 0.0375. The molecule has 6 unspecified atom stereocenters. The highest BCUT2D eigenvalue weighted by Gasteiger charge is 2.55. The Morgan fingerprint density at radius 2 is 0.673 bits per heavy atom. The van der Waals surface area contributed by atoms with Crippen LogP contribution in [0, 0.1) is 29.6 Å². The molecule has 0 bridgehead atoms. The van der Waals surface area contributed by atoms with Crippen molar-refractivity contribution in [1.29, 1.82) is 0 Å². The van der Waals surface area contributed by atoms with Crippen molar-refractivity contribution < 1.29 is 173 Å². The van der Waals surface area contributed by atoms with E-state index in [1.807, 2.05) is 0 Å². The maximum atomic E-state index is 13.6. The SMILES string of the molecule is C[C@@H]1O[C@@H](OC[C@H]2O[C@@H](OC3CC4C(O)CC(O[C@@H]5O[C@H](COC(=O)C6CCC(O[C@@H]7O[C@H](COC(=O)C8CCC(O[C@@H]9O[C@H](COC(=O)C%10CCC(O)CC%10)[C@@H](O)[C@H](O)[C@H]9O)CC8)[C@@H](O)[C@H](O)[C@H]7O)CC6)[C@@H](O)[C@H](O)[C@H]5O)CC4OC3C3CCC(O)CC3)[C@H](O)[C@@H](O)[C@@H]2O)[C@H](O)[C@H](O)[C@H]1O. The van der Waals surface area contributed by atoms with Crippen molar-refractivity contribution in [2.75, 3.05) is 26.4 Å². The van der Waals surface area contributed by atoms with Crippen LogP contribution in [0.1, 0.15) is 129 Å². The first kappa shape index (κ1) is 79.3. The van der Waals surface area contributed by atoms with Gasteiger partial charge in [-0.15, -0.1) is 0 Å². The first-order chi connectivity index (χ1) is 48.1. The predicted molar refractivity (Wildman–Crippen MR) is 329 cm³/mol. The van der Waals surface area contributed by atoms with E-state index in [1.165, 1.54) is 6.92 Å². The lowest BCUT2D eigenvalue weighted by molar-refractivity contribution is -0.348. The second kappa shape index (κ2) is 35.1. The molecule has 0 aromatic rings. The van der Waals surface area contributed by atoms with E-state index in [-0.39, 0.29) is 63.7 Å². The molecule has 35 nitrogen and oxygen atoms in total. The van der Waals surface area contributed by atoms with Crippen LogP contribution in [0.5, 0.6) is 0 Å². The monoisotopic (exact) mass is 1460 g/mol. The Kier molecular flexibility index (Phi) is 27.5. The molecule has 11 aliphatic rings. The number of aliphatic hydroxyl groups excluding tert-OH is 18.